The molecule has 19 heavy (non-hydrogen) atoms. The fourth-order valence-corrected chi connectivity index (χ4v) is 2.52. The molecule has 106 valence electrons. The highest BCUT2D eigenvalue weighted by Crippen LogP contribution is 2.40. The summed E-state index contributed by atoms with van der Waals surface area (Å²) in [5.41, 5.74) is 13.3. The lowest BCUT2D eigenvalue weighted by Gasteiger charge is -2.40. The van der Waals surface area contributed by atoms with Gasteiger partial charge in [0.15, 0.2) is 0 Å². The third kappa shape index (κ3) is 3.53. The molecule has 1 aromatic carbocycles. The number of benzene rings is 1. The minimum absolute atomic E-state index is 0.359. The van der Waals surface area contributed by atoms with Crippen LogP contribution >= 0.6 is 0 Å². The molecular weight excluding hydrogens is 238 g/mol. The topological polar surface area (TPSA) is 84.3 Å². The van der Waals surface area contributed by atoms with Gasteiger partial charge in [0, 0.05) is 12.2 Å². The van der Waals surface area contributed by atoms with Gasteiger partial charge in [-0.2, -0.15) is 0 Å². The van der Waals surface area contributed by atoms with Gasteiger partial charge in [-0.25, -0.2) is 0 Å². The van der Waals surface area contributed by atoms with Gasteiger partial charge in [-0.15, -0.1) is 0 Å². The zero-order chi connectivity index (χ0) is 14.1. The van der Waals surface area contributed by atoms with Crippen molar-refractivity contribution in [3.8, 4) is 0 Å². The van der Waals surface area contributed by atoms with Crippen molar-refractivity contribution in [2.75, 3.05) is 23.3 Å². The van der Waals surface area contributed by atoms with E-state index in [0.29, 0.717) is 23.3 Å². The predicted molar refractivity (Wildman–Crippen MR) is 81.0 cm³/mol. The standard InChI is InChI=1S/C15H25N3O/c1-14(2)5-7-15(19,8-6-14)10-18-11-3-4-12(16)13(17)9-11/h3-4,9,18-19H,5-8,10,16-17H2,1-2H3. The molecule has 0 radical (unpaired) electrons. The lowest BCUT2D eigenvalue weighted by Crippen LogP contribution is -2.42. The van der Waals surface area contributed by atoms with Gasteiger partial charge in [0.05, 0.1) is 17.0 Å². The van der Waals surface area contributed by atoms with E-state index < -0.39 is 5.60 Å². The summed E-state index contributed by atoms with van der Waals surface area (Å²) in [5, 5.41) is 13.8. The van der Waals surface area contributed by atoms with Crippen LogP contribution in [0.3, 0.4) is 0 Å². The Morgan fingerprint density at radius 1 is 1.11 bits per heavy atom. The summed E-state index contributed by atoms with van der Waals surface area (Å²) in [4.78, 5) is 0. The number of hydrogen-bond acceptors (Lipinski definition) is 4. The summed E-state index contributed by atoms with van der Waals surface area (Å²) < 4.78 is 0. The van der Waals surface area contributed by atoms with Crippen molar-refractivity contribution in [3.63, 3.8) is 0 Å². The van der Waals surface area contributed by atoms with Crippen molar-refractivity contribution in [3.05, 3.63) is 18.2 Å². The van der Waals surface area contributed by atoms with Crippen molar-refractivity contribution >= 4 is 17.1 Å². The number of nitrogen functional groups attached to an aromatic ring is 2. The maximum absolute atomic E-state index is 10.6. The minimum Gasteiger partial charge on any atom is -0.397 e. The Labute approximate surface area is 115 Å². The SMILES string of the molecule is CC1(C)CCC(O)(CNc2ccc(N)c(N)c2)CC1. The van der Waals surface area contributed by atoms with Crippen molar-refractivity contribution in [2.24, 2.45) is 5.41 Å². The smallest absolute Gasteiger partial charge is 0.0819 e. The van der Waals surface area contributed by atoms with Gasteiger partial charge >= 0.3 is 0 Å². The molecule has 0 bridgehead atoms. The first kappa shape index (κ1) is 14.0. The first-order valence-electron chi connectivity index (χ1n) is 6.91. The Morgan fingerprint density at radius 2 is 1.74 bits per heavy atom. The monoisotopic (exact) mass is 263 g/mol. The quantitative estimate of drug-likeness (QED) is 0.632. The highest BCUT2D eigenvalue weighted by molar-refractivity contribution is 5.69. The molecule has 0 amide bonds. The molecule has 0 aromatic heterocycles. The van der Waals surface area contributed by atoms with Crippen LogP contribution in [-0.4, -0.2) is 17.3 Å². The van der Waals surface area contributed by atoms with Crippen molar-refractivity contribution in [1.29, 1.82) is 0 Å². The molecule has 6 N–H and O–H groups in total. The van der Waals surface area contributed by atoms with Crippen molar-refractivity contribution in [1.82, 2.24) is 0 Å². The van der Waals surface area contributed by atoms with Crippen LogP contribution in [0.5, 0.6) is 0 Å². The summed E-state index contributed by atoms with van der Waals surface area (Å²) >= 11 is 0. The lowest BCUT2D eigenvalue weighted by atomic mass is 9.71. The Morgan fingerprint density at radius 3 is 2.32 bits per heavy atom. The molecule has 0 saturated heterocycles. The van der Waals surface area contributed by atoms with Gasteiger partial charge in [0.1, 0.15) is 0 Å². The molecule has 1 aromatic rings. The number of rotatable bonds is 3. The molecule has 4 nitrogen and oxygen atoms in total. The van der Waals surface area contributed by atoms with E-state index in [2.05, 4.69) is 19.2 Å². The zero-order valence-corrected chi connectivity index (χ0v) is 11.9. The lowest BCUT2D eigenvalue weighted by molar-refractivity contribution is -0.0145. The van der Waals surface area contributed by atoms with E-state index in [9.17, 15) is 5.11 Å². The maximum atomic E-state index is 10.6. The third-order valence-corrected chi connectivity index (χ3v) is 4.24. The molecule has 1 saturated carbocycles. The highest BCUT2D eigenvalue weighted by atomic mass is 16.3. The number of nitrogens with one attached hydrogen (secondary N) is 1. The summed E-state index contributed by atoms with van der Waals surface area (Å²) in [7, 11) is 0. The molecule has 1 fully saturated rings. The Balaban J connectivity index is 1.93. The van der Waals surface area contributed by atoms with Gasteiger partial charge in [0.25, 0.3) is 0 Å². The van der Waals surface area contributed by atoms with E-state index in [1.54, 1.807) is 6.07 Å². The fourth-order valence-electron chi connectivity index (χ4n) is 2.52. The highest BCUT2D eigenvalue weighted by Gasteiger charge is 2.36. The van der Waals surface area contributed by atoms with Crippen LogP contribution in [0.2, 0.25) is 0 Å². The minimum atomic E-state index is -0.605. The summed E-state index contributed by atoms with van der Waals surface area (Å²) in [6, 6.07) is 5.49. The summed E-state index contributed by atoms with van der Waals surface area (Å²) in [6.07, 6.45) is 3.82. The van der Waals surface area contributed by atoms with E-state index in [1.807, 2.05) is 12.1 Å². The van der Waals surface area contributed by atoms with Crippen molar-refractivity contribution in [2.45, 2.75) is 45.1 Å². The summed E-state index contributed by atoms with van der Waals surface area (Å²) in [5.74, 6) is 0. The van der Waals surface area contributed by atoms with E-state index in [0.717, 1.165) is 31.4 Å². The number of hydrogen-bond donors (Lipinski definition) is 4. The molecule has 0 aliphatic heterocycles. The third-order valence-electron chi connectivity index (χ3n) is 4.24. The van der Waals surface area contributed by atoms with E-state index in [1.165, 1.54) is 0 Å². The summed E-state index contributed by atoms with van der Waals surface area (Å²) in [6.45, 7) is 5.09. The van der Waals surface area contributed by atoms with Gasteiger partial charge in [-0.3, -0.25) is 0 Å². The number of nitrogens with two attached hydrogens (primary N) is 2. The van der Waals surface area contributed by atoms with Crippen LogP contribution in [0.4, 0.5) is 17.1 Å². The number of anilines is 3. The Kier molecular flexibility index (Phi) is 3.63. The normalized spacial score (nSPS) is 21.0. The fraction of sp³-hybridized carbons (Fsp3) is 0.600. The molecule has 0 spiro atoms. The van der Waals surface area contributed by atoms with Crippen molar-refractivity contribution < 1.29 is 5.11 Å². The molecule has 1 aliphatic rings. The average Bonchev–Trinajstić information content (AvgIpc) is 2.36. The molecule has 0 unspecified atom stereocenters. The average molecular weight is 263 g/mol. The zero-order valence-electron chi connectivity index (χ0n) is 11.9. The molecule has 0 atom stereocenters. The maximum Gasteiger partial charge on any atom is 0.0819 e. The van der Waals surface area contributed by atoms with Crippen LogP contribution in [0.15, 0.2) is 18.2 Å². The van der Waals surface area contributed by atoms with Crippen LogP contribution in [0.25, 0.3) is 0 Å². The van der Waals surface area contributed by atoms with Crippen LogP contribution in [0, 0.1) is 5.41 Å². The second-order valence-electron chi connectivity index (χ2n) is 6.59. The second-order valence-corrected chi connectivity index (χ2v) is 6.59. The van der Waals surface area contributed by atoms with Gasteiger partial charge in [-0.05, 0) is 49.3 Å². The molecule has 0 heterocycles. The first-order valence-corrected chi connectivity index (χ1v) is 6.91. The second kappa shape index (κ2) is 4.93. The van der Waals surface area contributed by atoms with E-state index in [-0.39, 0.29) is 0 Å². The largest absolute Gasteiger partial charge is 0.397 e. The predicted octanol–water partition coefficient (Wildman–Crippen LogP) is 2.59. The van der Waals surface area contributed by atoms with E-state index >= 15 is 0 Å². The van der Waals surface area contributed by atoms with Crippen LogP contribution in [0.1, 0.15) is 39.5 Å². The molecule has 4 heteroatoms. The number of aliphatic hydroxyl groups is 1. The molecule has 1 aliphatic carbocycles. The van der Waals surface area contributed by atoms with Gasteiger partial charge in [0.2, 0.25) is 0 Å². The molecular formula is C15H25N3O. The Bertz CT molecular complexity index is 447. The van der Waals surface area contributed by atoms with Crippen LogP contribution < -0.4 is 16.8 Å². The Hall–Kier alpha value is -1.42. The van der Waals surface area contributed by atoms with Gasteiger partial charge in [-0.1, -0.05) is 13.8 Å². The van der Waals surface area contributed by atoms with E-state index in [4.69, 9.17) is 11.5 Å². The molecule has 2 rings (SSSR count). The van der Waals surface area contributed by atoms with Gasteiger partial charge < -0.3 is 21.9 Å². The first-order chi connectivity index (χ1) is 8.80. The van der Waals surface area contributed by atoms with Crippen LogP contribution in [-0.2, 0) is 0 Å².